The van der Waals surface area contributed by atoms with Crippen LogP contribution >= 0.6 is 11.6 Å². The van der Waals surface area contributed by atoms with E-state index in [0.29, 0.717) is 28.0 Å². The third-order valence-electron chi connectivity index (χ3n) is 7.29. The number of para-hydroxylation sites is 1. The fourth-order valence-electron chi connectivity index (χ4n) is 5.08. The van der Waals surface area contributed by atoms with Crippen molar-refractivity contribution in [1.29, 1.82) is 0 Å². The average molecular weight is 550 g/mol. The molecule has 1 fully saturated rings. The molecule has 1 saturated heterocycles. The van der Waals surface area contributed by atoms with Gasteiger partial charge in [0.25, 0.3) is 5.91 Å². The minimum Gasteiger partial charge on any atom is -0.422 e. The molecule has 4 aromatic carbocycles. The molecule has 40 heavy (non-hydrogen) atoms. The number of benzene rings is 4. The molecule has 1 amide bonds. The van der Waals surface area contributed by atoms with Gasteiger partial charge in [0.05, 0.1) is 5.56 Å². The Bertz CT molecular complexity index is 1720. The molecule has 0 spiro atoms. The molecule has 6 nitrogen and oxygen atoms in total. The van der Waals surface area contributed by atoms with E-state index in [4.69, 9.17) is 16.0 Å². The second kappa shape index (κ2) is 11.4. The second-order valence-corrected chi connectivity index (χ2v) is 10.3. The number of piperazine rings is 1. The molecule has 200 valence electrons. The summed E-state index contributed by atoms with van der Waals surface area (Å²) < 4.78 is 5.47. The smallest absolute Gasteiger partial charge is 0.344 e. The van der Waals surface area contributed by atoms with Gasteiger partial charge in [-0.2, -0.15) is 0 Å². The topological polar surface area (TPSA) is 65.8 Å². The van der Waals surface area contributed by atoms with E-state index in [1.807, 2.05) is 60.7 Å². The van der Waals surface area contributed by atoms with Crippen LogP contribution in [-0.4, -0.2) is 37.0 Å². The third kappa shape index (κ3) is 5.64. The van der Waals surface area contributed by atoms with Crippen LogP contribution in [0.4, 0.5) is 11.4 Å². The van der Waals surface area contributed by atoms with Crippen molar-refractivity contribution < 1.29 is 9.21 Å². The average Bonchev–Trinajstić information content (AvgIpc) is 2.99. The normalized spacial score (nSPS) is 13.9. The summed E-state index contributed by atoms with van der Waals surface area (Å²) >= 11 is 6.34. The number of hydrogen-bond donors (Lipinski definition) is 1. The highest BCUT2D eigenvalue weighted by atomic mass is 35.5. The highest BCUT2D eigenvalue weighted by Crippen LogP contribution is 2.24. The lowest BCUT2D eigenvalue weighted by Crippen LogP contribution is -2.46. The lowest BCUT2D eigenvalue weighted by Gasteiger charge is -2.36. The largest absolute Gasteiger partial charge is 0.422 e. The first kappa shape index (κ1) is 25.9. The highest BCUT2D eigenvalue weighted by Gasteiger charge is 2.18. The van der Waals surface area contributed by atoms with Crippen molar-refractivity contribution in [2.75, 3.05) is 36.4 Å². The predicted octanol–water partition coefficient (Wildman–Crippen LogP) is 6.69. The van der Waals surface area contributed by atoms with Gasteiger partial charge in [0, 0.05) is 60.1 Å². The van der Waals surface area contributed by atoms with E-state index >= 15 is 0 Å². The summed E-state index contributed by atoms with van der Waals surface area (Å²) in [7, 11) is 0. The standard InChI is InChI=1S/C33H28ClN3O3/c34-30-10-3-1-7-26(30)22-36-16-18-37(19-17-36)28-14-12-27(13-15-28)35-32(38)25-9-5-8-23(20-25)29-21-24-6-2-4-11-31(24)40-33(29)39/h1-15,20-21H,16-19,22H2,(H,35,38). The van der Waals surface area contributed by atoms with Crippen molar-refractivity contribution in [3.05, 3.63) is 130 Å². The van der Waals surface area contributed by atoms with Crippen LogP contribution in [0.15, 0.2) is 112 Å². The lowest BCUT2D eigenvalue weighted by atomic mass is 10.0. The van der Waals surface area contributed by atoms with E-state index in [1.54, 1.807) is 36.4 Å². The van der Waals surface area contributed by atoms with Crippen LogP contribution in [0.5, 0.6) is 0 Å². The summed E-state index contributed by atoms with van der Waals surface area (Å²) in [6.45, 7) is 4.61. The first-order chi connectivity index (χ1) is 19.5. The second-order valence-electron chi connectivity index (χ2n) is 9.92. The molecule has 1 aromatic heterocycles. The molecule has 2 heterocycles. The fourth-order valence-corrected chi connectivity index (χ4v) is 5.28. The molecule has 7 heteroatoms. The number of rotatable bonds is 6. The van der Waals surface area contributed by atoms with Crippen LogP contribution in [0, 0.1) is 0 Å². The number of halogens is 1. The SMILES string of the molecule is O=C(Nc1ccc(N2CCN(Cc3ccccc3Cl)CC2)cc1)c1cccc(-c2cc3ccccc3oc2=O)c1. The molecular formula is C33H28ClN3O3. The van der Waals surface area contributed by atoms with E-state index in [9.17, 15) is 9.59 Å². The summed E-state index contributed by atoms with van der Waals surface area (Å²) in [5, 5.41) is 4.61. The van der Waals surface area contributed by atoms with Crippen molar-refractivity contribution in [2.45, 2.75) is 6.54 Å². The number of hydrogen-bond acceptors (Lipinski definition) is 5. The monoisotopic (exact) mass is 549 g/mol. The van der Waals surface area contributed by atoms with Gasteiger partial charge in [0.1, 0.15) is 5.58 Å². The number of nitrogens with zero attached hydrogens (tertiary/aromatic N) is 2. The maximum Gasteiger partial charge on any atom is 0.344 e. The summed E-state index contributed by atoms with van der Waals surface area (Å²) in [5.41, 5.74) is 4.61. The quantitative estimate of drug-likeness (QED) is 0.239. The van der Waals surface area contributed by atoms with Gasteiger partial charge in [-0.05, 0) is 65.7 Å². The third-order valence-corrected chi connectivity index (χ3v) is 7.66. The van der Waals surface area contributed by atoms with E-state index < -0.39 is 5.63 Å². The Kier molecular flexibility index (Phi) is 7.36. The zero-order valence-corrected chi connectivity index (χ0v) is 22.6. The molecule has 6 rings (SSSR count). The van der Waals surface area contributed by atoms with Crippen LogP contribution in [0.3, 0.4) is 0 Å². The minimum atomic E-state index is -0.434. The Morgan fingerprint density at radius 3 is 2.38 bits per heavy atom. The number of carbonyl (C=O) groups excluding carboxylic acids is 1. The van der Waals surface area contributed by atoms with Gasteiger partial charge in [0.15, 0.2) is 0 Å². The number of carbonyl (C=O) groups is 1. The molecule has 0 aliphatic carbocycles. The maximum absolute atomic E-state index is 13.1. The summed E-state index contributed by atoms with van der Waals surface area (Å²) in [6, 6.07) is 32.1. The molecule has 5 aromatic rings. The number of fused-ring (bicyclic) bond motifs is 1. The summed E-state index contributed by atoms with van der Waals surface area (Å²) in [4.78, 5) is 30.4. The van der Waals surface area contributed by atoms with Crippen molar-refractivity contribution in [3.63, 3.8) is 0 Å². The number of nitrogens with one attached hydrogen (secondary N) is 1. The zero-order chi connectivity index (χ0) is 27.5. The van der Waals surface area contributed by atoms with Gasteiger partial charge in [0.2, 0.25) is 0 Å². The number of amides is 1. The molecule has 0 unspecified atom stereocenters. The van der Waals surface area contributed by atoms with Gasteiger partial charge < -0.3 is 14.6 Å². The first-order valence-corrected chi connectivity index (χ1v) is 13.7. The lowest BCUT2D eigenvalue weighted by molar-refractivity contribution is 0.102. The highest BCUT2D eigenvalue weighted by molar-refractivity contribution is 6.31. The van der Waals surface area contributed by atoms with Gasteiger partial charge in [-0.3, -0.25) is 9.69 Å². The van der Waals surface area contributed by atoms with Crippen molar-refractivity contribution in [3.8, 4) is 11.1 Å². The summed E-state index contributed by atoms with van der Waals surface area (Å²) in [5.74, 6) is -0.243. The van der Waals surface area contributed by atoms with Crippen LogP contribution in [-0.2, 0) is 6.54 Å². The molecule has 0 atom stereocenters. The first-order valence-electron chi connectivity index (χ1n) is 13.3. The zero-order valence-electron chi connectivity index (χ0n) is 21.8. The molecule has 1 aliphatic rings. The van der Waals surface area contributed by atoms with Gasteiger partial charge >= 0.3 is 5.63 Å². The van der Waals surface area contributed by atoms with Crippen molar-refractivity contribution >= 4 is 39.9 Å². The Hall–Kier alpha value is -4.39. The molecule has 1 N–H and O–H groups in total. The molecule has 1 aliphatic heterocycles. The Morgan fingerprint density at radius 2 is 1.57 bits per heavy atom. The van der Waals surface area contributed by atoms with E-state index in [2.05, 4.69) is 21.2 Å². The van der Waals surface area contributed by atoms with Crippen LogP contribution in [0.25, 0.3) is 22.1 Å². The number of anilines is 2. The van der Waals surface area contributed by atoms with Crippen LogP contribution in [0.2, 0.25) is 5.02 Å². The fraction of sp³-hybridized carbons (Fsp3) is 0.152. The maximum atomic E-state index is 13.1. The molecule has 0 radical (unpaired) electrons. The van der Waals surface area contributed by atoms with Crippen LogP contribution < -0.4 is 15.8 Å². The van der Waals surface area contributed by atoms with E-state index in [-0.39, 0.29) is 5.91 Å². The Balaban J connectivity index is 1.09. The Labute approximate surface area is 237 Å². The summed E-state index contributed by atoms with van der Waals surface area (Å²) in [6.07, 6.45) is 0. The van der Waals surface area contributed by atoms with Gasteiger partial charge in [-0.25, -0.2) is 4.79 Å². The molecule has 0 saturated carbocycles. The van der Waals surface area contributed by atoms with Gasteiger partial charge in [-0.1, -0.05) is 60.1 Å². The molecular weight excluding hydrogens is 522 g/mol. The van der Waals surface area contributed by atoms with Crippen molar-refractivity contribution in [1.82, 2.24) is 4.90 Å². The van der Waals surface area contributed by atoms with Crippen LogP contribution in [0.1, 0.15) is 15.9 Å². The van der Waals surface area contributed by atoms with Crippen molar-refractivity contribution in [2.24, 2.45) is 0 Å². The Morgan fingerprint density at radius 1 is 0.825 bits per heavy atom. The predicted molar refractivity (Wildman–Crippen MR) is 161 cm³/mol. The van der Waals surface area contributed by atoms with E-state index in [1.165, 1.54) is 0 Å². The van der Waals surface area contributed by atoms with E-state index in [0.717, 1.165) is 54.4 Å². The minimum absolute atomic E-state index is 0.243. The van der Waals surface area contributed by atoms with Gasteiger partial charge in [-0.15, -0.1) is 0 Å². The molecule has 0 bridgehead atoms.